The molecule has 2 amide bonds. The van der Waals surface area contributed by atoms with Crippen molar-refractivity contribution in [2.45, 2.75) is 24.9 Å². The molecule has 1 fully saturated rings. The molecule has 1 saturated heterocycles. The van der Waals surface area contributed by atoms with E-state index in [9.17, 15) is 14.4 Å². The largest absolute Gasteiger partial charge is 0.481 e. The van der Waals surface area contributed by atoms with Crippen molar-refractivity contribution < 1.29 is 28.9 Å². The Morgan fingerprint density at radius 1 is 1.50 bits per heavy atom. The first-order valence-corrected chi connectivity index (χ1v) is 8.34. The Hall–Kier alpha value is -2.07. The Labute approximate surface area is 144 Å². The van der Waals surface area contributed by atoms with Gasteiger partial charge in [-0.05, 0) is 11.4 Å². The van der Waals surface area contributed by atoms with Gasteiger partial charge in [-0.3, -0.25) is 9.59 Å². The molecular formula is C14H19BN2O6S. The minimum Gasteiger partial charge on any atom is -0.481 e. The smallest absolute Gasteiger partial charge is 0.409 e. The maximum atomic E-state index is 12.1. The van der Waals surface area contributed by atoms with Crippen LogP contribution in [-0.4, -0.2) is 67.7 Å². The highest BCUT2D eigenvalue weighted by Gasteiger charge is 2.31. The van der Waals surface area contributed by atoms with Crippen LogP contribution in [-0.2, 0) is 25.4 Å². The molecule has 8 nitrogen and oxygen atoms in total. The molecule has 2 atom stereocenters. The van der Waals surface area contributed by atoms with E-state index < -0.39 is 24.1 Å². The van der Waals surface area contributed by atoms with E-state index in [4.69, 9.17) is 14.5 Å². The summed E-state index contributed by atoms with van der Waals surface area (Å²) in [6.07, 6.45) is -1.18. The number of aliphatic carboxylic acids is 1. The topological polar surface area (TPSA) is 105 Å². The third kappa shape index (κ3) is 5.53. The van der Waals surface area contributed by atoms with Crippen LogP contribution in [0, 0.1) is 0 Å². The highest BCUT2D eigenvalue weighted by atomic mass is 32.1. The van der Waals surface area contributed by atoms with E-state index in [1.165, 1.54) is 23.3 Å². The highest BCUT2D eigenvalue weighted by molar-refractivity contribution is 7.10. The van der Waals surface area contributed by atoms with E-state index in [1.807, 2.05) is 17.5 Å². The fourth-order valence-corrected chi connectivity index (χ4v) is 3.18. The van der Waals surface area contributed by atoms with Crippen LogP contribution in [0.2, 0.25) is 0 Å². The van der Waals surface area contributed by atoms with Gasteiger partial charge in [-0.2, -0.15) is 0 Å². The SMILES string of the molecule is COC(=O)N1CC(NC(=O)Cc2cccs2)BOC(CC(=O)O)C1. The standard InChI is InChI=1S/C14H19BN2O6S/c1-22-14(21)17-7-9(5-13(19)20)23-15-11(8-17)16-12(18)6-10-3-2-4-24-10/h2-4,9,11,15H,5-8H2,1H3,(H,16,18)(H,19,20). The number of nitrogens with zero attached hydrogens (tertiary/aromatic N) is 1. The van der Waals surface area contributed by atoms with E-state index in [2.05, 4.69) is 5.32 Å². The Bertz CT molecular complexity index is 582. The monoisotopic (exact) mass is 354 g/mol. The number of hydrogen-bond acceptors (Lipinski definition) is 6. The number of carboxylic acid groups (broad SMARTS) is 1. The van der Waals surface area contributed by atoms with Gasteiger partial charge in [0, 0.05) is 23.9 Å². The summed E-state index contributed by atoms with van der Waals surface area (Å²) in [5.41, 5.74) is 0. The summed E-state index contributed by atoms with van der Waals surface area (Å²) in [4.78, 5) is 37.1. The van der Waals surface area contributed by atoms with Crippen LogP contribution in [0.15, 0.2) is 17.5 Å². The molecule has 2 heterocycles. The summed E-state index contributed by atoms with van der Waals surface area (Å²) in [7, 11) is 1.40. The molecule has 0 aromatic carbocycles. The quantitative estimate of drug-likeness (QED) is 0.723. The molecule has 1 aliphatic rings. The average molecular weight is 354 g/mol. The molecule has 1 aromatic heterocycles. The zero-order valence-corrected chi connectivity index (χ0v) is 14.1. The molecule has 0 aliphatic carbocycles. The van der Waals surface area contributed by atoms with Gasteiger partial charge < -0.3 is 24.7 Å². The van der Waals surface area contributed by atoms with Gasteiger partial charge in [-0.1, -0.05) is 6.07 Å². The molecule has 0 saturated carbocycles. The van der Waals surface area contributed by atoms with Crippen molar-refractivity contribution in [3.8, 4) is 0 Å². The number of hydrogen-bond donors (Lipinski definition) is 2. The number of nitrogens with one attached hydrogen (secondary N) is 1. The van der Waals surface area contributed by atoms with Crippen molar-refractivity contribution in [1.29, 1.82) is 0 Å². The summed E-state index contributed by atoms with van der Waals surface area (Å²) in [5, 5.41) is 13.6. The molecule has 1 aliphatic heterocycles. The Balaban J connectivity index is 1.97. The van der Waals surface area contributed by atoms with E-state index in [0.717, 1.165) is 4.88 Å². The lowest BCUT2D eigenvalue weighted by Crippen LogP contribution is -2.48. The molecule has 130 valence electrons. The van der Waals surface area contributed by atoms with Crippen LogP contribution in [0.4, 0.5) is 4.79 Å². The van der Waals surface area contributed by atoms with E-state index in [-0.39, 0.29) is 39.3 Å². The van der Waals surface area contributed by atoms with Crippen molar-refractivity contribution in [2.24, 2.45) is 0 Å². The first kappa shape index (κ1) is 18.3. The Morgan fingerprint density at radius 2 is 2.29 bits per heavy atom. The third-order valence-corrected chi connectivity index (χ3v) is 4.39. The zero-order valence-electron chi connectivity index (χ0n) is 13.3. The second-order valence-corrected chi connectivity index (χ2v) is 6.48. The van der Waals surface area contributed by atoms with Crippen LogP contribution in [0.5, 0.6) is 0 Å². The molecule has 1 aromatic rings. The second-order valence-electron chi connectivity index (χ2n) is 5.45. The van der Waals surface area contributed by atoms with Gasteiger partial charge in [-0.15, -0.1) is 11.3 Å². The van der Waals surface area contributed by atoms with Crippen LogP contribution in [0.25, 0.3) is 0 Å². The van der Waals surface area contributed by atoms with Crippen molar-refractivity contribution in [2.75, 3.05) is 20.2 Å². The van der Waals surface area contributed by atoms with Crippen LogP contribution in [0.1, 0.15) is 11.3 Å². The number of methoxy groups -OCH3 is 1. The van der Waals surface area contributed by atoms with Crippen LogP contribution >= 0.6 is 11.3 Å². The number of carboxylic acids is 1. The van der Waals surface area contributed by atoms with Crippen molar-refractivity contribution in [1.82, 2.24) is 10.2 Å². The van der Waals surface area contributed by atoms with E-state index in [0.29, 0.717) is 0 Å². The summed E-state index contributed by atoms with van der Waals surface area (Å²) in [6, 6.07) is 3.75. The summed E-state index contributed by atoms with van der Waals surface area (Å²) >= 11 is 1.49. The summed E-state index contributed by atoms with van der Waals surface area (Å²) < 4.78 is 10.3. The lowest BCUT2D eigenvalue weighted by Gasteiger charge is -2.24. The lowest BCUT2D eigenvalue weighted by atomic mass is 9.87. The fraction of sp³-hybridized carbons (Fsp3) is 0.500. The van der Waals surface area contributed by atoms with Gasteiger partial charge in [0.25, 0.3) is 7.48 Å². The first-order valence-electron chi connectivity index (χ1n) is 7.46. The van der Waals surface area contributed by atoms with E-state index in [1.54, 1.807) is 0 Å². The Kier molecular flexibility index (Phi) is 6.62. The number of rotatable bonds is 5. The van der Waals surface area contributed by atoms with Gasteiger partial charge in [0.1, 0.15) is 0 Å². The highest BCUT2D eigenvalue weighted by Crippen LogP contribution is 2.11. The van der Waals surface area contributed by atoms with Crippen molar-refractivity contribution in [3.05, 3.63) is 22.4 Å². The van der Waals surface area contributed by atoms with Crippen LogP contribution in [0.3, 0.4) is 0 Å². The predicted molar refractivity (Wildman–Crippen MR) is 88.2 cm³/mol. The van der Waals surface area contributed by atoms with Gasteiger partial charge in [0.2, 0.25) is 5.91 Å². The van der Waals surface area contributed by atoms with Crippen LogP contribution < -0.4 is 5.32 Å². The minimum absolute atomic E-state index is 0.107. The molecular weight excluding hydrogens is 335 g/mol. The molecule has 0 bridgehead atoms. The molecule has 0 radical (unpaired) electrons. The lowest BCUT2D eigenvalue weighted by molar-refractivity contribution is -0.139. The van der Waals surface area contributed by atoms with Crippen molar-refractivity contribution in [3.63, 3.8) is 0 Å². The van der Waals surface area contributed by atoms with E-state index >= 15 is 0 Å². The molecule has 2 N–H and O–H groups in total. The summed E-state index contributed by atoms with van der Waals surface area (Å²) in [5.74, 6) is -1.60. The van der Waals surface area contributed by atoms with Crippen molar-refractivity contribution >= 4 is 36.8 Å². The molecule has 2 unspecified atom stereocenters. The van der Waals surface area contributed by atoms with Gasteiger partial charge in [0.05, 0.1) is 26.1 Å². The molecule has 24 heavy (non-hydrogen) atoms. The third-order valence-electron chi connectivity index (χ3n) is 3.51. The number of amides is 2. The molecule has 2 rings (SSSR count). The first-order chi connectivity index (χ1) is 11.5. The van der Waals surface area contributed by atoms with Gasteiger partial charge >= 0.3 is 12.1 Å². The number of carbonyl (C=O) groups excluding carboxylic acids is 2. The minimum atomic E-state index is -1.01. The number of carbonyl (C=O) groups is 3. The zero-order chi connectivity index (χ0) is 17.5. The predicted octanol–water partition coefficient (Wildman–Crippen LogP) is 0.0263. The number of ether oxygens (including phenoxy) is 1. The maximum Gasteiger partial charge on any atom is 0.409 e. The maximum absolute atomic E-state index is 12.1. The number of thiophene rings is 1. The average Bonchev–Trinajstić information content (AvgIpc) is 2.95. The Morgan fingerprint density at radius 3 is 2.92 bits per heavy atom. The van der Waals surface area contributed by atoms with Gasteiger partial charge in [-0.25, -0.2) is 4.79 Å². The fourth-order valence-electron chi connectivity index (χ4n) is 2.48. The molecule has 10 heteroatoms. The molecule has 0 spiro atoms. The second kappa shape index (κ2) is 8.69. The van der Waals surface area contributed by atoms with Gasteiger partial charge in [0.15, 0.2) is 0 Å². The summed E-state index contributed by atoms with van der Waals surface area (Å²) in [6.45, 7) is 0.315. The normalized spacial score (nSPS) is 20.6.